The van der Waals surface area contributed by atoms with Crippen molar-refractivity contribution in [2.24, 2.45) is 5.73 Å². The quantitative estimate of drug-likeness (QED) is 0.483. The number of para-hydroxylation sites is 1. The Hall–Kier alpha value is -2.56. The van der Waals surface area contributed by atoms with Crippen LogP contribution in [0.15, 0.2) is 78.9 Å². The third-order valence-electron chi connectivity index (χ3n) is 6.43. The van der Waals surface area contributed by atoms with E-state index >= 15 is 0 Å². The number of hydrogen-bond acceptors (Lipinski definition) is 3. The summed E-state index contributed by atoms with van der Waals surface area (Å²) in [6, 6.07) is 18.1. The fourth-order valence-electron chi connectivity index (χ4n) is 4.69. The zero-order valence-electron chi connectivity index (χ0n) is 18.9. The lowest BCUT2D eigenvalue weighted by Gasteiger charge is -2.46. The van der Waals surface area contributed by atoms with Gasteiger partial charge in [-0.15, -0.1) is 0 Å². The second-order valence-electron chi connectivity index (χ2n) is 8.60. The van der Waals surface area contributed by atoms with E-state index in [1.54, 1.807) is 6.08 Å². The second kappa shape index (κ2) is 11.3. The Labute approximate surface area is 197 Å². The molecule has 32 heavy (non-hydrogen) atoms. The van der Waals surface area contributed by atoms with Crippen LogP contribution >= 0.6 is 11.6 Å². The first-order valence-corrected chi connectivity index (χ1v) is 11.7. The maximum absolute atomic E-state index is 13.2. The molecule has 170 valence electrons. The van der Waals surface area contributed by atoms with Crippen LogP contribution in [0.4, 0.5) is 5.69 Å². The SMILES string of the molecule is C=C/C=C(\C)C(CN)(Cc1cccc(Cl)c1)N(CC(=O)NC1CCCC1)c1ccccc1. The molecule has 1 amide bonds. The first-order valence-electron chi connectivity index (χ1n) is 11.3. The standard InChI is InChI=1S/C27H34ClN3O/c1-3-10-21(2)27(20-29,18-22-11-9-12-23(28)17-22)31(25-15-5-4-6-16-25)19-26(32)30-24-13-7-8-14-24/h3-6,9-12,15-17,24H,1,7-8,13-14,18-20,29H2,2H3,(H,30,32)/b21-10+. The first kappa shape index (κ1) is 24.1. The highest BCUT2D eigenvalue weighted by atomic mass is 35.5. The molecule has 0 spiro atoms. The number of nitrogens with two attached hydrogens (primary N) is 1. The summed E-state index contributed by atoms with van der Waals surface area (Å²) in [5.41, 5.74) is 8.98. The molecule has 2 aromatic rings. The van der Waals surface area contributed by atoms with Crippen LogP contribution in [-0.4, -0.2) is 30.6 Å². The number of carbonyl (C=O) groups is 1. The molecule has 0 aromatic heterocycles. The number of nitrogens with one attached hydrogen (secondary N) is 1. The zero-order chi connectivity index (χ0) is 23.0. The highest BCUT2D eigenvalue weighted by Gasteiger charge is 2.39. The summed E-state index contributed by atoms with van der Waals surface area (Å²) in [6.45, 7) is 6.51. The fourth-order valence-corrected chi connectivity index (χ4v) is 4.91. The van der Waals surface area contributed by atoms with E-state index in [1.165, 1.54) is 12.8 Å². The van der Waals surface area contributed by atoms with Crippen molar-refractivity contribution in [3.63, 3.8) is 0 Å². The number of rotatable bonds is 10. The Balaban J connectivity index is 2.03. The minimum absolute atomic E-state index is 0.0241. The van der Waals surface area contributed by atoms with Gasteiger partial charge in [0.2, 0.25) is 5.91 Å². The van der Waals surface area contributed by atoms with Crippen molar-refractivity contribution in [3.05, 3.63) is 89.5 Å². The number of hydrogen-bond donors (Lipinski definition) is 2. The van der Waals surface area contributed by atoms with Gasteiger partial charge in [-0.1, -0.05) is 73.5 Å². The summed E-state index contributed by atoms with van der Waals surface area (Å²) in [5.74, 6) is 0.0241. The Morgan fingerprint density at radius 3 is 2.56 bits per heavy atom. The van der Waals surface area contributed by atoms with Crippen LogP contribution in [0.2, 0.25) is 5.02 Å². The van der Waals surface area contributed by atoms with Gasteiger partial charge >= 0.3 is 0 Å². The van der Waals surface area contributed by atoms with Gasteiger partial charge in [-0.25, -0.2) is 0 Å². The molecule has 0 saturated heterocycles. The summed E-state index contributed by atoms with van der Waals surface area (Å²) >= 11 is 6.29. The van der Waals surface area contributed by atoms with Crippen molar-refractivity contribution in [2.45, 2.75) is 50.6 Å². The molecule has 3 rings (SSSR count). The molecule has 1 aliphatic carbocycles. The molecule has 1 fully saturated rings. The molecule has 0 aliphatic heterocycles. The van der Waals surface area contributed by atoms with Gasteiger partial charge in [0.25, 0.3) is 0 Å². The Bertz CT molecular complexity index is 937. The van der Waals surface area contributed by atoms with E-state index in [2.05, 4.69) is 29.8 Å². The van der Waals surface area contributed by atoms with E-state index < -0.39 is 5.54 Å². The van der Waals surface area contributed by atoms with Gasteiger partial charge in [0.1, 0.15) is 0 Å². The predicted molar refractivity (Wildman–Crippen MR) is 135 cm³/mol. The summed E-state index contributed by atoms with van der Waals surface area (Å²) in [6.07, 6.45) is 8.84. The minimum atomic E-state index is -0.618. The van der Waals surface area contributed by atoms with Crippen LogP contribution in [0.1, 0.15) is 38.2 Å². The molecule has 0 radical (unpaired) electrons. The molecular formula is C27H34ClN3O. The average molecular weight is 452 g/mol. The van der Waals surface area contributed by atoms with E-state index in [-0.39, 0.29) is 18.5 Å². The van der Waals surface area contributed by atoms with E-state index in [0.717, 1.165) is 29.7 Å². The summed E-state index contributed by atoms with van der Waals surface area (Å²) in [5, 5.41) is 3.92. The van der Waals surface area contributed by atoms with Gasteiger partial charge in [-0.05, 0) is 55.2 Å². The summed E-state index contributed by atoms with van der Waals surface area (Å²) in [4.78, 5) is 15.3. The molecular weight excluding hydrogens is 418 g/mol. The average Bonchev–Trinajstić information content (AvgIpc) is 3.30. The normalized spacial score (nSPS) is 16.4. The van der Waals surface area contributed by atoms with Crippen molar-refractivity contribution in [1.29, 1.82) is 0 Å². The Morgan fingerprint density at radius 1 is 1.22 bits per heavy atom. The highest BCUT2D eigenvalue weighted by Crippen LogP contribution is 2.34. The van der Waals surface area contributed by atoms with Crippen LogP contribution in [0.5, 0.6) is 0 Å². The molecule has 1 unspecified atom stereocenters. The first-order chi connectivity index (χ1) is 15.5. The summed E-state index contributed by atoms with van der Waals surface area (Å²) < 4.78 is 0. The van der Waals surface area contributed by atoms with Crippen molar-refractivity contribution in [2.75, 3.05) is 18.0 Å². The minimum Gasteiger partial charge on any atom is -0.352 e. The van der Waals surface area contributed by atoms with Crippen molar-refractivity contribution in [1.82, 2.24) is 5.32 Å². The number of benzene rings is 2. The van der Waals surface area contributed by atoms with Crippen LogP contribution in [-0.2, 0) is 11.2 Å². The maximum Gasteiger partial charge on any atom is 0.239 e. The molecule has 3 N–H and O–H groups in total. The number of allylic oxidation sites excluding steroid dienone is 2. The number of carbonyl (C=O) groups excluding carboxylic acids is 1. The molecule has 1 aliphatic rings. The Kier molecular flexibility index (Phi) is 8.54. The zero-order valence-corrected chi connectivity index (χ0v) is 19.7. The van der Waals surface area contributed by atoms with E-state index in [9.17, 15) is 4.79 Å². The number of amides is 1. The van der Waals surface area contributed by atoms with Gasteiger partial charge in [0, 0.05) is 29.7 Å². The number of anilines is 1. The molecule has 5 heteroatoms. The van der Waals surface area contributed by atoms with Crippen LogP contribution < -0.4 is 16.0 Å². The third-order valence-corrected chi connectivity index (χ3v) is 6.67. The lowest BCUT2D eigenvalue weighted by molar-refractivity contribution is -0.120. The highest BCUT2D eigenvalue weighted by molar-refractivity contribution is 6.30. The number of nitrogens with zero attached hydrogens (tertiary/aromatic N) is 1. The van der Waals surface area contributed by atoms with Gasteiger partial charge in [0.05, 0.1) is 12.1 Å². The smallest absolute Gasteiger partial charge is 0.239 e. The van der Waals surface area contributed by atoms with E-state index in [1.807, 2.05) is 54.6 Å². The van der Waals surface area contributed by atoms with Crippen LogP contribution in [0, 0.1) is 0 Å². The second-order valence-corrected chi connectivity index (χ2v) is 9.03. The van der Waals surface area contributed by atoms with Gasteiger partial charge in [-0.2, -0.15) is 0 Å². The Morgan fingerprint density at radius 2 is 1.94 bits per heavy atom. The number of halogens is 1. The van der Waals surface area contributed by atoms with E-state index in [4.69, 9.17) is 17.3 Å². The molecule has 1 saturated carbocycles. The lowest BCUT2D eigenvalue weighted by Crippen LogP contribution is -2.59. The van der Waals surface area contributed by atoms with Gasteiger partial charge in [0.15, 0.2) is 0 Å². The van der Waals surface area contributed by atoms with Gasteiger partial charge < -0.3 is 16.0 Å². The molecule has 2 aromatic carbocycles. The maximum atomic E-state index is 13.2. The van der Waals surface area contributed by atoms with E-state index in [0.29, 0.717) is 18.0 Å². The summed E-state index contributed by atoms with van der Waals surface area (Å²) in [7, 11) is 0. The lowest BCUT2D eigenvalue weighted by atomic mass is 9.81. The molecule has 0 heterocycles. The topological polar surface area (TPSA) is 58.4 Å². The van der Waals surface area contributed by atoms with Crippen molar-refractivity contribution < 1.29 is 4.79 Å². The molecule has 1 atom stereocenters. The van der Waals surface area contributed by atoms with Gasteiger partial charge in [-0.3, -0.25) is 4.79 Å². The fraction of sp³-hybridized carbons (Fsp3) is 0.370. The molecule has 0 bridgehead atoms. The van der Waals surface area contributed by atoms with Crippen molar-refractivity contribution >= 4 is 23.2 Å². The third kappa shape index (κ3) is 5.81. The predicted octanol–water partition coefficient (Wildman–Crippen LogP) is 5.28. The van der Waals surface area contributed by atoms with Crippen LogP contribution in [0.25, 0.3) is 0 Å². The monoisotopic (exact) mass is 451 g/mol. The van der Waals surface area contributed by atoms with Crippen LogP contribution in [0.3, 0.4) is 0 Å². The largest absolute Gasteiger partial charge is 0.352 e. The van der Waals surface area contributed by atoms with Crippen molar-refractivity contribution in [3.8, 4) is 0 Å². The molecule has 4 nitrogen and oxygen atoms in total.